The van der Waals surface area contributed by atoms with E-state index in [1.807, 2.05) is 13.0 Å². The van der Waals surface area contributed by atoms with Crippen LogP contribution in [-0.2, 0) is 6.54 Å². The van der Waals surface area contributed by atoms with Gasteiger partial charge in [-0.2, -0.15) is 0 Å². The van der Waals surface area contributed by atoms with Crippen LogP contribution in [0.4, 0.5) is 0 Å². The molecular formula is C8H16N2O. The third-order valence-electron chi connectivity index (χ3n) is 0.878. The number of nitrogens with two attached hydrogens (primary N) is 1. The van der Waals surface area contributed by atoms with Gasteiger partial charge in [0.2, 0.25) is 0 Å². The van der Waals surface area contributed by atoms with Crippen LogP contribution in [0.15, 0.2) is 10.6 Å². The largest absolute Gasteiger partial charge is 0.360 e. The Bertz CT molecular complexity index is 184. The molecule has 3 nitrogen and oxygen atoms in total. The lowest BCUT2D eigenvalue weighted by atomic mass is 10.4. The second kappa shape index (κ2) is 5.92. The van der Waals surface area contributed by atoms with Gasteiger partial charge < -0.3 is 10.3 Å². The van der Waals surface area contributed by atoms with Crippen molar-refractivity contribution < 1.29 is 4.52 Å². The summed E-state index contributed by atoms with van der Waals surface area (Å²) in [5, 5.41) is 3.63. The molecule has 0 aromatic carbocycles. The van der Waals surface area contributed by atoms with Crippen LogP contribution in [0.3, 0.4) is 0 Å². The molecule has 0 spiro atoms. The first kappa shape index (κ1) is 10.2. The number of aryl methyl sites for hydroxylation is 1. The Morgan fingerprint density at radius 1 is 1.55 bits per heavy atom. The molecule has 64 valence electrons. The molecule has 1 rings (SSSR count). The third kappa shape index (κ3) is 4.56. The van der Waals surface area contributed by atoms with Gasteiger partial charge in [0.25, 0.3) is 0 Å². The van der Waals surface area contributed by atoms with Crippen molar-refractivity contribution in [3.05, 3.63) is 17.5 Å². The second-order valence-electron chi connectivity index (χ2n) is 2.35. The SMILES string of the molecule is CCC.Cc1cc(CN)on1. The van der Waals surface area contributed by atoms with E-state index in [4.69, 9.17) is 10.3 Å². The maximum absolute atomic E-state index is 5.23. The first-order valence-corrected chi connectivity index (χ1v) is 3.86. The highest BCUT2D eigenvalue weighted by Crippen LogP contribution is 1.98. The standard InChI is InChI=1S/C5H8N2O.C3H8/c1-4-2-5(3-6)8-7-4;1-3-2/h2H,3,6H2,1H3;3H2,1-2H3. The first-order chi connectivity index (χ1) is 5.24. The molecule has 0 atom stereocenters. The molecule has 0 fully saturated rings. The fourth-order valence-corrected chi connectivity index (χ4v) is 0.513. The van der Waals surface area contributed by atoms with Gasteiger partial charge in [-0.15, -0.1) is 0 Å². The third-order valence-corrected chi connectivity index (χ3v) is 0.878. The van der Waals surface area contributed by atoms with Gasteiger partial charge in [0.05, 0.1) is 12.2 Å². The fourth-order valence-electron chi connectivity index (χ4n) is 0.513. The minimum atomic E-state index is 0.431. The van der Waals surface area contributed by atoms with Crippen LogP contribution >= 0.6 is 0 Å². The van der Waals surface area contributed by atoms with Crippen LogP contribution in [-0.4, -0.2) is 5.16 Å². The zero-order chi connectivity index (χ0) is 8.69. The van der Waals surface area contributed by atoms with Crippen LogP contribution < -0.4 is 5.73 Å². The van der Waals surface area contributed by atoms with Crippen LogP contribution in [0.5, 0.6) is 0 Å². The number of hydrogen-bond acceptors (Lipinski definition) is 3. The van der Waals surface area contributed by atoms with E-state index in [2.05, 4.69) is 19.0 Å². The first-order valence-electron chi connectivity index (χ1n) is 3.86. The van der Waals surface area contributed by atoms with Crippen LogP contribution in [0.2, 0.25) is 0 Å². The normalized spacial score (nSPS) is 8.73. The van der Waals surface area contributed by atoms with E-state index < -0.39 is 0 Å². The highest BCUT2D eigenvalue weighted by Gasteiger charge is 1.93. The molecule has 3 heteroatoms. The fraction of sp³-hybridized carbons (Fsp3) is 0.625. The predicted octanol–water partition coefficient (Wildman–Crippen LogP) is 1.86. The molecule has 1 heterocycles. The molecule has 0 saturated heterocycles. The van der Waals surface area contributed by atoms with Gasteiger partial charge in [0.1, 0.15) is 0 Å². The highest BCUT2D eigenvalue weighted by molar-refractivity contribution is 5.01. The summed E-state index contributed by atoms with van der Waals surface area (Å²) in [7, 11) is 0. The molecule has 0 radical (unpaired) electrons. The molecule has 0 aliphatic heterocycles. The number of nitrogens with zero attached hydrogens (tertiary/aromatic N) is 1. The van der Waals surface area contributed by atoms with Gasteiger partial charge in [0.15, 0.2) is 5.76 Å². The summed E-state index contributed by atoms with van der Waals surface area (Å²) in [5.41, 5.74) is 6.11. The zero-order valence-electron chi connectivity index (χ0n) is 7.42. The lowest BCUT2D eigenvalue weighted by Crippen LogP contribution is -1.92. The quantitative estimate of drug-likeness (QED) is 0.675. The summed E-state index contributed by atoms with van der Waals surface area (Å²) in [4.78, 5) is 0. The number of aromatic nitrogens is 1. The van der Waals surface area contributed by atoms with E-state index in [9.17, 15) is 0 Å². The van der Waals surface area contributed by atoms with Gasteiger partial charge in [-0.1, -0.05) is 25.4 Å². The smallest absolute Gasteiger partial charge is 0.150 e. The molecule has 2 N–H and O–H groups in total. The average molecular weight is 156 g/mol. The van der Waals surface area contributed by atoms with E-state index >= 15 is 0 Å². The van der Waals surface area contributed by atoms with Crippen molar-refractivity contribution in [3.8, 4) is 0 Å². The molecule has 0 aliphatic carbocycles. The Labute approximate surface area is 67.6 Å². The van der Waals surface area contributed by atoms with Gasteiger partial charge in [-0.05, 0) is 6.92 Å². The Balaban J connectivity index is 0.000000292. The van der Waals surface area contributed by atoms with Crippen molar-refractivity contribution in [3.63, 3.8) is 0 Å². The predicted molar refractivity (Wildman–Crippen MR) is 45.1 cm³/mol. The monoisotopic (exact) mass is 156 g/mol. The lowest BCUT2D eigenvalue weighted by Gasteiger charge is -1.77. The maximum Gasteiger partial charge on any atom is 0.150 e. The second-order valence-corrected chi connectivity index (χ2v) is 2.35. The average Bonchev–Trinajstić information content (AvgIpc) is 2.37. The van der Waals surface area contributed by atoms with Crippen molar-refractivity contribution in [1.29, 1.82) is 0 Å². The van der Waals surface area contributed by atoms with E-state index in [1.165, 1.54) is 6.42 Å². The summed E-state index contributed by atoms with van der Waals surface area (Å²) in [6.07, 6.45) is 1.25. The van der Waals surface area contributed by atoms with Crippen molar-refractivity contribution >= 4 is 0 Å². The van der Waals surface area contributed by atoms with Crippen LogP contribution in [0.1, 0.15) is 31.7 Å². The Kier molecular flexibility index (Phi) is 5.47. The van der Waals surface area contributed by atoms with Gasteiger partial charge in [-0.25, -0.2) is 0 Å². The maximum atomic E-state index is 5.23. The van der Waals surface area contributed by atoms with Crippen molar-refractivity contribution in [1.82, 2.24) is 5.16 Å². The van der Waals surface area contributed by atoms with Gasteiger partial charge in [-0.3, -0.25) is 0 Å². The lowest BCUT2D eigenvalue weighted by molar-refractivity contribution is 0.381. The molecule has 1 aromatic rings. The van der Waals surface area contributed by atoms with E-state index in [-0.39, 0.29) is 0 Å². The van der Waals surface area contributed by atoms with Crippen molar-refractivity contribution in [2.24, 2.45) is 5.73 Å². The van der Waals surface area contributed by atoms with Crippen molar-refractivity contribution in [2.75, 3.05) is 0 Å². The summed E-state index contributed by atoms with van der Waals surface area (Å²) < 4.78 is 4.74. The van der Waals surface area contributed by atoms with Crippen LogP contribution in [0.25, 0.3) is 0 Å². The van der Waals surface area contributed by atoms with Gasteiger partial charge >= 0.3 is 0 Å². The van der Waals surface area contributed by atoms with E-state index in [0.29, 0.717) is 6.54 Å². The summed E-state index contributed by atoms with van der Waals surface area (Å²) in [6, 6.07) is 1.82. The molecular weight excluding hydrogens is 140 g/mol. The molecule has 0 amide bonds. The minimum Gasteiger partial charge on any atom is -0.360 e. The summed E-state index contributed by atoms with van der Waals surface area (Å²) in [6.45, 7) is 6.55. The molecule has 0 saturated carbocycles. The molecule has 11 heavy (non-hydrogen) atoms. The Morgan fingerprint density at radius 3 is 2.27 bits per heavy atom. The zero-order valence-corrected chi connectivity index (χ0v) is 7.42. The minimum absolute atomic E-state index is 0.431. The molecule has 1 aromatic heterocycles. The topological polar surface area (TPSA) is 52.0 Å². The molecule has 0 unspecified atom stereocenters. The van der Waals surface area contributed by atoms with Gasteiger partial charge in [0, 0.05) is 6.07 Å². The Hall–Kier alpha value is -0.830. The van der Waals surface area contributed by atoms with E-state index in [0.717, 1.165) is 11.5 Å². The summed E-state index contributed by atoms with van der Waals surface area (Å²) in [5.74, 6) is 0.738. The molecule has 0 aliphatic rings. The number of rotatable bonds is 1. The number of hydrogen-bond donors (Lipinski definition) is 1. The van der Waals surface area contributed by atoms with Crippen molar-refractivity contribution in [2.45, 2.75) is 33.7 Å². The molecule has 0 bridgehead atoms. The van der Waals surface area contributed by atoms with E-state index in [1.54, 1.807) is 0 Å². The van der Waals surface area contributed by atoms with Crippen LogP contribution in [0, 0.1) is 6.92 Å². The summed E-state index contributed by atoms with van der Waals surface area (Å²) >= 11 is 0. The highest BCUT2D eigenvalue weighted by atomic mass is 16.5. The Morgan fingerprint density at radius 2 is 2.09 bits per heavy atom.